The molecule has 102 valence electrons. The molecule has 0 radical (unpaired) electrons. The van der Waals surface area contributed by atoms with E-state index < -0.39 is 0 Å². The molecule has 2 aromatic rings. The first-order valence-corrected chi connectivity index (χ1v) is 6.31. The Hall–Kier alpha value is -1.81. The number of rotatable bonds is 6. The standard InChI is InChI=1S/C15H18FNO2/c1-11(2)17-8-12-7-15(18-9-12)10-19-14-5-3-13(16)4-6-14/h3-7,9,11,17H,8,10H2,1-2H3. The molecule has 0 amide bonds. The van der Waals surface area contributed by atoms with Gasteiger partial charge in [-0.15, -0.1) is 0 Å². The monoisotopic (exact) mass is 263 g/mol. The molecule has 4 heteroatoms. The normalized spacial score (nSPS) is 10.9. The molecule has 19 heavy (non-hydrogen) atoms. The average Bonchev–Trinajstić information content (AvgIpc) is 2.84. The number of hydrogen-bond acceptors (Lipinski definition) is 3. The SMILES string of the molecule is CC(C)NCc1coc(COc2ccc(F)cc2)c1. The largest absolute Gasteiger partial charge is 0.486 e. The fraction of sp³-hybridized carbons (Fsp3) is 0.333. The van der Waals surface area contributed by atoms with Crippen molar-refractivity contribution in [3.8, 4) is 5.75 Å². The molecule has 1 N–H and O–H groups in total. The maximum absolute atomic E-state index is 12.7. The van der Waals surface area contributed by atoms with E-state index in [-0.39, 0.29) is 5.82 Å². The molecule has 0 bridgehead atoms. The van der Waals surface area contributed by atoms with Crippen LogP contribution < -0.4 is 10.1 Å². The Labute approximate surface area is 112 Å². The zero-order valence-corrected chi connectivity index (χ0v) is 11.2. The molecule has 0 spiro atoms. The summed E-state index contributed by atoms with van der Waals surface area (Å²) in [6.07, 6.45) is 1.72. The predicted octanol–water partition coefficient (Wildman–Crippen LogP) is 3.50. The van der Waals surface area contributed by atoms with Crippen LogP contribution >= 0.6 is 0 Å². The first-order valence-electron chi connectivity index (χ1n) is 6.31. The minimum absolute atomic E-state index is 0.271. The first kappa shape index (κ1) is 13.6. The second-order valence-corrected chi connectivity index (χ2v) is 4.70. The lowest BCUT2D eigenvalue weighted by Crippen LogP contribution is -2.21. The summed E-state index contributed by atoms with van der Waals surface area (Å²) in [7, 11) is 0. The predicted molar refractivity (Wildman–Crippen MR) is 71.4 cm³/mol. The van der Waals surface area contributed by atoms with Gasteiger partial charge in [-0.2, -0.15) is 0 Å². The number of ether oxygens (including phenoxy) is 1. The van der Waals surface area contributed by atoms with Crippen LogP contribution in [-0.4, -0.2) is 6.04 Å². The number of benzene rings is 1. The summed E-state index contributed by atoms with van der Waals surface area (Å²) < 4.78 is 23.6. The Balaban J connectivity index is 1.84. The number of hydrogen-bond donors (Lipinski definition) is 1. The molecule has 1 heterocycles. The van der Waals surface area contributed by atoms with Gasteiger partial charge in [-0.25, -0.2) is 4.39 Å². The van der Waals surface area contributed by atoms with Gasteiger partial charge in [0, 0.05) is 18.2 Å². The fourth-order valence-corrected chi connectivity index (χ4v) is 1.60. The van der Waals surface area contributed by atoms with Crippen molar-refractivity contribution >= 4 is 0 Å². The van der Waals surface area contributed by atoms with E-state index in [9.17, 15) is 4.39 Å². The van der Waals surface area contributed by atoms with Crippen molar-refractivity contribution in [1.29, 1.82) is 0 Å². The minimum atomic E-state index is -0.271. The lowest BCUT2D eigenvalue weighted by Gasteiger charge is -2.05. The third-order valence-corrected chi connectivity index (χ3v) is 2.62. The van der Waals surface area contributed by atoms with Crippen molar-refractivity contribution in [2.75, 3.05) is 0 Å². The Kier molecular flexibility index (Phi) is 4.58. The highest BCUT2D eigenvalue weighted by Gasteiger charge is 2.04. The van der Waals surface area contributed by atoms with E-state index in [1.165, 1.54) is 12.1 Å². The highest BCUT2D eigenvalue weighted by molar-refractivity contribution is 5.22. The Bertz CT molecular complexity index is 505. The average molecular weight is 263 g/mol. The van der Waals surface area contributed by atoms with Gasteiger partial charge in [0.1, 0.15) is 23.9 Å². The topological polar surface area (TPSA) is 34.4 Å². The second kappa shape index (κ2) is 6.38. The summed E-state index contributed by atoms with van der Waals surface area (Å²) in [4.78, 5) is 0. The summed E-state index contributed by atoms with van der Waals surface area (Å²) in [6, 6.07) is 8.33. The molecule has 0 aliphatic carbocycles. The van der Waals surface area contributed by atoms with Crippen LogP contribution in [0, 0.1) is 5.82 Å². The molecule has 0 aliphatic rings. The molecule has 3 nitrogen and oxygen atoms in total. The van der Waals surface area contributed by atoms with Crippen molar-refractivity contribution < 1.29 is 13.5 Å². The van der Waals surface area contributed by atoms with E-state index in [1.54, 1.807) is 18.4 Å². The molecule has 1 aromatic heterocycles. The summed E-state index contributed by atoms with van der Waals surface area (Å²) in [5.74, 6) is 1.11. The van der Waals surface area contributed by atoms with Gasteiger partial charge in [0.05, 0.1) is 6.26 Å². The van der Waals surface area contributed by atoms with Gasteiger partial charge in [0.15, 0.2) is 0 Å². The summed E-state index contributed by atoms with van der Waals surface area (Å²) in [5, 5.41) is 3.31. The maximum atomic E-state index is 12.7. The van der Waals surface area contributed by atoms with E-state index in [0.717, 1.165) is 17.9 Å². The molecular weight excluding hydrogens is 245 g/mol. The van der Waals surface area contributed by atoms with Gasteiger partial charge < -0.3 is 14.5 Å². The van der Waals surface area contributed by atoms with Gasteiger partial charge in [-0.3, -0.25) is 0 Å². The van der Waals surface area contributed by atoms with E-state index in [0.29, 0.717) is 18.4 Å². The lowest BCUT2D eigenvalue weighted by atomic mass is 10.3. The molecule has 0 saturated heterocycles. The number of halogens is 1. The molecule has 0 unspecified atom stereocenters. The van der Waals surface area contributed by atoms with Crippen LogP contribution in [0.2, 0.25) is 0 Å². The Morgan fingerprint density at radius 2 is 2.00 bits per heavy atom. The van der Waals surface area contributed by atoms with Crippen LogP contribution in [0.15, 0.2) is 41.0 Å². The Morgan fingerprint density at radius 1 is 1.26 bits per heavy atom. The third kappa shape index (κ3) is 4.41. The third-order valence-electron chi connectivity index (χ3n) is 2.62. The number of furan rings is 1. The second-order valence-electron chi connectivity index (χ2n) is 4.70. The fourth-order valence-electron chi connectivity index (χ4n) is 1.60. The number of nitrogens with one attached hydrogen (secondary N) is 1. The molecule has 0 aliphatic heterocycles. The van der Waals surface area contributed by atoms with Crippen molar-refractivity contribution in [2.45, 2.75) is 33.0 Å². The molecule has 0 atom stereocenters. The minimum Gasteiger partial charge on any atom is -0.486 e. The molecule has 1 aromatic carbocycles. The van der Waals surface area contributed by atoms with E-state index in [2.05, 4.69) is 19.2 Å². The molecular formula is C15H18FNO2. The highest BCUT2D eigenvalue weighted by atomic mass is 19.1. The van der Waals surface area contributed by atoms with Gasteiger partial charge in [-0.1, -0.05) is 13.8 Å². The van der Waals surface area contributed by atoms with Gasteiger partial charge >= 0.3 is 0 Å². The van der Waals surface area contributed by atoms with Crippen molar-refractivity contribution in [2.24, 2.45) is 0 Å². The van der Waals surface area contributed by atoms with Crippen LogP contribution in [0.4, 0.5) is 4.39 Å². The summed E-state index contributed by atoms with van der Waals surface area (Å²) in [6.45, 7) is 5.31. The smallest absolute Gasteiger partial charge is 0.146 e. The van der Waals surface area contributed by atoms with Crippen LogP contribution in [0.5, 0.6) is 5.75 Å². The molecule has 0 fully saturated rings. The molecule has 0 saturated carbocycles. The van der Waals surface area contributed by atoms with E-state index in [4.69, 9.17) is 9.15 Å². The zero-order valence-electron chi connectivity index (χ0n) is 11.2. The van der Waals surface area contributed by atoms with Crippen molar-refractivity contribution in [3.05, 3.63) is 53.7 Å². The van der Waals surface area contributed by atoms with E-state index >= 15 is 0 Å². The van der Waals surface area contributed by atoms with Crippen LogP contribution in [-0.2, 0) is 13.2 Å². The van der Waals surface area contributed by atoms with E-state index in [1.807, 2.05) is 6.07 Å². The van der Waals surface area contributed by atoms with Crippen LogP contribution in [0.3, 0.4) is 0 Å². The lowest BCUT2D eigenvalue weighted by molar-refractivity contribution is 0.270. The highest BCUT2D eigenvalue weighted by Crippen LogP contribution is 2.15. The quantitative estimate of drug-likeness (QED) is 0.866. The van der Waals surface area contributed by atoms with Gasteiger partial charge in [-0.05, 0) is 30.3 Å². The Morgan fingerprint density at radius 3 is 2.68 bits per heavy atom. The van der Waals surface area contributed by atoms with Crippen LogP contribution in [0.25, 0.3) is 0 Å². The van der Waals surface area contributed by atoms with Crippen LogP contribution in [0.1, 0.15) is 25.2 Å². The van der Waals surface area contributed by atoms with Gasteiger partial charge in [0.25, 0.3) is 0 Å². The molecule has 2 rings (SSSR count). The summed E-state index contributed by atoms with van der Waals surface area (Å²) in [5.41, 5.74) is 1.09. The maximum Gasteiger partial charge on any atom is 0.146 e. The zero-order chi connectivity index (χ0) is 13.7. The van der Waals surface area contributed by atoms with Crippen molar-refractivity contribution in [3.63, 3.8) is 0 Å². The van der Waals surface area contributed by atoms with Gasteiger partial charge in [0.2, 0.25) is 0 Å². The summed E-state index contributed by atoms with van der Waals surface area (Å²) >= 11 is 0. The first-order chi connectivity index (χ1) is 9.13. The van der Waals surface area contributed by atoms with Crippen molar-refractivity contribution in [1.82, 2.24) is 5.32 Å².